The average molecular weight is 243 g/mol. The van der Waals surface area contributed by atoms with Gasteiger partial charge in [-0.2, -0.15) is 0 Å². The van der Waals surface area contributed by atoms with Crippen LogP contribution in [0.2, 0.25) is 0 Å². The van der Waals surface area contributed by atoms with E-state index in [0.29, 0.717) is 13.0 Å². The van der Waals surface area contributed by atoms with Gasteiger partial charge in [-0.15, -0.1) is 12.4 Å². The smallest absolute Gasteiger partial charge is 0.220 e. The molecule has 1 aromatic rings. The summed E-state index contributed by atoms with van der Waals surface area (Å²) in [6, 6.07) is 9.94. The summed E-state index contributed by atoms with van der Waals surface area (Å²) >= 11 is 0. The van der Waals surface area contributed by atoms with Gasteiger partial charge in [0, 0.05) is 13.0 Å². The first-order chi connectivity index (χ1) is 7.33. The molecule has 0 atom stereocenters. The molecule has 0 aliphatic rings. The minimum Gasteiger partial charge on any atom is -0.352 e. The molecule has 0 radical (unpaired) electrons. The van der Waals surface area contributed by atoms with Crippen molar-refractivity contribution in [2.75, 3.05) is 13.6 Å². The maximum Gasteiger partial charge on any atom is 0.220 e. The second-order valence-corrected chi connectivity index (χ2v) is 3.47. The summed E-state index contributed by atoms with van der Waals surface area (Å²) in [6.45, 7) is 1.51. The number of hydrogen-bond acceptors (Lipinski definition) is 2. The Morgan fingerprint density at radius 3 is 2.56 bits per heavy atom. The minimum atomic E-state index is 0. The molecule has 0 spiro atoms. The van der Waals surface area contributed by atoms with Crippen molar-refractivity contribution in [3.8, 4) is 0 Å². The van der Waals surface area contributed by atoms with E-state index >= 15 is 0 Å². The van der Waals surface area contributed by atoms with Gasteiger partial charge in [-0.25, -0.2) is 0 Å². The minimum absolute atomic E-state index is 0. The van der Waals surface area contributed by atoms with Crippen molar-refractivity contribution in [3.05, 3.63) is 35.9 Å². The maximum atomic E-state index is 11.4. The van der Waals surface area contributed by atoms with Gasteiger partial charge in [-0.05, 0) is 25.6 Å². The van der Waals surface area contributed by atoms with Crippen molar-refractivity contribution in [2.45, 2.75) is 19.4 Å². The Kier molecular flexibility index (Phi) is 8.58. The number of amides is 1. The van der Waals surface area contributed by atoms with Crippen LogP contribution in [-0.4, -0.2) is 19.5 Å². The molecule has 0 aromatic heterocycles. The topological polar surface area (TPSA) is 41.1 Å². The standard InChI is InChI=1S/C12H18N2O.ClH/c1-13-9-5-8-12(15)14-10-11-6-3-2-4-7-11;/h2-4,6-7,13H,5,8-10H2,1H3,(H,14,15);1H. The third kappa shape index (κ3) is 6.43. The number of nitrogens with one attached hydrogen (secondary N) is 2. The van der Waals surface area contributed by atoms with Gasteiger partial charge in [0.1, 0.15) is 0 Å². The van der Waals surface area contributed by atoms with Crippen LogP contribution < -0.4 is 10.6 Å². The molecule has 0 heterocycles. The van der Waals surface area contributed by atoms with E-state index in [-0.39, 0.29) is 18.3 Å². The van der Waals surface area contributed by atoms with E-state index in [1.807, 2.05) is 37.4 Å². The summed E-state index contributed by atoms with van der Waals surface area (Å²) in [5.41, 5.74) is 1.14. The van der Waals surface area contributed by atoms with Crippen molar-refractivity contribution in [1.29, 1.82) is 0 Å². The summed E-state index contributed by atoms with van der Waals surface area (Å²) < 4.78 is 0. The van der Waals surface area contributed by atoms with Crippen LogP contribution in [-0.2, 0) is 11.3 Å². The van der Waals surface area contributed by atoms with Crippen molar-refractivity contribution in [2.24, 2.45) is 0 Å². The van der Waals surface area contributed by atoms with Crippen LogP contribution in [0.15, 0.2) is 30.3 Å². The second-order valence-electron chi connectivity index (χ2n) is 3.47. The van der Waals surface area contributed by atoms with Crippen LogP contribution in [0.1, 0.15) is 18.4 Å². The van der Waals surface area contributed by atoms with E-state index in [0.717, 1.165) is 18.5 Å². The Balaban J connectivity index is 0.00000225. The first-order valence-electron chi connectivity index (χ1n) is 5.28. The molecule has 0 aliphatic heterocycles. The van der Waals surface area contributed by atoms with Crippen molar-refractivity contribution in [1.82, 2.24) is 10.6 Å². The van der Waals surface area contributed by atoms with Crippen molar-refractivity contribution < 1.29 is 4.79 Å². The van der Waals surface area contributed by atoms with Gasteiger partial charge in [-0.1, -0.05) is 30.3 Å². The summed E-state index contributed by atoms with van der Waals surface area (Å²) in [5.74, 6) is 0.120. The molecule has 1 aromatic carbocycles. The molecule has 3 nitrogen and oxygen atoms in total. The SMILES string of the molecule is CNCCCC(=O)NCc1ccccc1.Cl. The Hall–Kier alpha value is -1.06. The van der Waals surface area contributed by atoms with Gasteiger partial charge >= 0.3 is 0 Å². The Morgan fingerprint density at radius 2 is 1.94 bits per heavy atom. The van der Waals surface area contributed by atoms with Crippen LogP contribution in [0.4, 0.5) is 0 Å². The molecule has 0 saturated carbocycles. The molecule has 90 valence electrons. The highest BCUT2D eigenvalue weighted by Crippen LogP contribution is 1.97. The summed E-state index contributed by atoms with van der Waals surface area (Å²) in [4.78, 5) is 11.4. The zero-order chi connectivity index (χ0) is 10.9. The Labute approximate surface area is 103 Å². The number of carbonyl (C=O) groups is 1. The summed E-state index contributed by atoms with van der Waals surface area (Å²) in [6.07, 6.45) is 1.48. The fourth-order valence-corrected chi connectivity index (χ4v) is 1.31. The third-order valence-electron chi connectivity index (χ3n) is 2.16. The fourth-order valence-electron chi connectivity index (χ4n) is 1.31. The molecule has 0 fully saturated rings. The van der Waals surface area contributed by atoms with Gasteiger partial charge in [-0.3, -0.25) is 4.79 Å². The molecule has 0 aliphatic carbocycles. The Bertz CT molecular complexity index is 290. The van der Waals surface area contributed by atoms with Crippen LogP contribution >= 0.6 is 12.4 Å². The van der Waals surface area contributed by atoms with E-state index in [1.165, 1.54) is 0 Å². The van der Waals surface area contributed by atoms with Gasteiger partial charge in [0.15, 0.2) is 0 Å². The van der Waals surface area contributed by atoms with Gasteiger partial charge < -0.3 is 10.6 Å². The largest absolute Gasteiger partial charge is 0.352 e. The number of benzene rings is 1. The molecule has 1 amide bonds. The van der Waals surface area contributed by atoms with E-state index in [4.69, 9.17) is 0 Å². The molecule has 0 unspecified atom stereocenters. The average Bonchev–Trinajstić information content (AvgIpc) is 2.28. The lowest BCUT2D eigenvalue weighted by Gasteiger charge is -2.04. The lowest BCUT2D eigenvalue weighted by molar-refractivity contribution is -0.121. The van der Waals surface area contributed by atoms with Crippen LogP contribution in [0, 0.1) is 0 Å². The van der Waals surface area contributed by atoms with Crippen molar-refractivity contribution in [3.63, 3.8) is 0 Å². The van der Waals surface area contributed by atoms with Gasteiger partial charge in [0.2, 0.25) is 5.91 Å². The highest BCUT2D eigenvalue weighted by molar-refractivity contribution is 5.85. The number of halogens is 1. The summed E-state index contributed by atoms with van der Waals surface area (Å²) in [5, 5.41) is 5.91. The van der Waals surface area contributed by atoms with Crippen LogP contribution in [0.3, 0.4) is 0 Å². The molecule has 0 saturated heterocycles. The van der Waals surface area contributed by atoms with Crippen LogP contribution in [0.5, 0.6) is 0 Å². The van der Waals surface area contributed by atoms with Crippen LogP contribution in [0.25, 0.3) is 0 Å². The predicted molar refractivity (Wildman–Crippen MR) is 68.7 cm³/mol. The molecular formula is C12H19ClN2O. The first kappa shape index (κ1) is 14.9. The van der Waals surface area contributed by atoms with E-state index in [9.17, 15) is 4.79 Å². The van der Waals surface area contributed by atoms with E-state index in [2.05, 4.69) is 10.6 Å². The normalized spacial score (nSPS) is 9.31. The summed E-state index contributed by atoms with van der Waals surface area (Å²) in [7, 11) is 1.89. The molecule has 4 heteroatoms. The lowest BCUT2D eigenvalue weighted by atomic mass is 10.2. The number of rotatable bonds is 6. The highest BCUT2D eigenvalue weighted by Gasteiger charge is 1.99. The fraction of sp³-hybridized carbons (Fsp3) is 0.417. The van der Waals surface area contributed by atoms with E-state index < -0.39 is 0 Å². The monoisotopic (exact) mass is 242 g/mol. The molecule has 0 bridgehead atoms. The quantitative estimate of drug-likeness (QED) is 0.746. The molecular weight excluding hydrogens is 224 g/mol. The zero-order valence-corrected chi connectivity index (χ0v) is 10.3. The lowest BCUT2D eigenvalue weighted by Crippen LogP contribution is -2.23. The predicted octanol–water partition coefficient (Wildman–Crippen LogP) is 1.72. The third-order valence-corrected chi connectivity index (χ3v) is 2.16. The zero-order valence-electron chi connectivity index (χ0n) is 9.53. The maximum absolute atomic E-state index is 11.4. The van der Waals surface area contributed by atoms with Crippen molar-refractivity contribution >= 4 is 18.3 Å². The Morgan fingerprint density at radius 1 is 1.25 bits per heavy atom. The number of hydrogen-bond donors (Lipinski definition) is 2. The van der Waals surface area contributed by atoms with E-state index in [1.54, 1.807) is 0 Å². The van der Waals surface area contributed by atoms with Gasteiger partial charge in [0.25, 0.3) is 0 Å². The molecule has 1 rings (SSSR count). The second kappa shape index (κ2) is 9.19. The van der Waals surface area contributed by atoms with Gasteiger partial charge in [0.05, 0.1) is 0 Å². The number of carbonyl (C=O) groups excluding carboxylic acids is 1. The molecule has 2 N–H and O–H groups in total. The molecule has 16 heavy (non-hydrogen) atoms. The first-order valence-corrected chi connectivity index (χ1v) is 5.28. The highest BCUT2D eigenvalue weighted by atomic mass is 35.5.